The highest BCUT2D eigenvalue weighted by Crippen LogP contribution is 2.58. The summed E-state index contributed by atoms with van der Waals surface area (Å²) in [6.45, 7) is 28.7. The quantitative estimate of drug-likeness (QED) is 0.0806. The van der Waals surface area contributed by atoms with Crippen molar-refractivity contribution < 1.29 is 0 Å². The van der Waals surface area contributed by atoms with E-state index in [2.05, 4.69) is 343 Å². The van der Waals surface area contributed by atoms with Gasteiger partial charge in [0.1, 0.15) is 0 Å². The Labute approximate surface area is 630 Å². The van der Waals surface area contributed by atoms with E-state index in [0.717, 1.165) is 0 Å². The summed E-state index contributed by atoms with van der Waals surface area (Å²) in [4.78, 5) is 0. The van der Waals surface area contributed by atoms with Crippen LogP contribution in [-0.2, 0) is 21.7 Å². The van der Waals surface area contributed by atoms with Crippen molar-refractivity contribution in [2.45, 2.75) is 105 Å². The topological polar surface area (TPSA) is 0 Å². The van der Waals surface area contributed by atoms with Gasteiger partial charge in [0, 0.05) is 14.3 Å². The first-order valence-electron chi connectivity index (χ1n) is 35.5. The van der Waals surface area contributed by atoms with Gasteiger partial charge in [-0.25, -0.2) is 0 Å². The monoisotopic (exact) mass is 1720 g/mol. The zero-order valence-electron chi connectivity index (χ0n) is 57.7. The molecule has 0 saturated heterocycles. The predicted octanol–water partition coefficient (Wildman–Crippen LogP) is 29.0. The third-order valence-corrected chi connectivity index (χ3v) is 27.4. The fourth-order valence-corrected chi connectivity index (χ4v) is 22.2. The van der Waals surface area contributed by atoms with Gasteiger partial charge in [-0.15, -0.1) is 0 Å². The Morgan fingerprint density at radius 2 is 0.330 bits per heavy atom. The number of fused-ring (bicyclic) bond motifs is 22. The number of rotatable bonds is 0. The molecule has 0 unspecified atom stereocenters. The van der Waals surface area contributed by atoms with Gasteiger partial charge in [-0.2, -0.15) is 0 Å². The zero-order chi connectivity index (χ0) is 67.8. The van der Waals surface area contributed by atoms with E-state index in [4.69, 9.17) is 0 Å². The fraction of sp³-hybridized carbons (Fsp3) is 0.167. The van der Waals surface area contributed by atoms with Gasteiger partial charge in [0.05, 0.1) is 0 Å². The van der Waals surface area contributed by atoms with Crippen LogP contribution in [0.15, 0.2) is 170 Å². The first-order valence-corrected chi connectivity index (χ1v) is 39.8. The lowest BCUT2D eigenvalue weighted by molar-refractivity contribution is 0.591. The molecule has 23 rings (SSSR count). The smallest absolute Gasteiger partial charge is 0.0136 e. The molecule has 4 heteroatoms. The van der Waals surface area contributed by atoms with Crippen molar-refractivity contribution >= 4 is 284 Å². The number of halogens is 4. The van der Waals surface area contributed by atoms with E-state index in [-0.39, 0.29) is 21.7 Å². The van der Waals surface area contributed by atoms with Crippen molar-refractivity contribution in [3.8, 4) is 0 Å². The van der Waals surface area contributed by atoms with Crippen molar-refractivity contribution in [2.24, 2.45) is 0 Å². The normalized spacial score (nSPS) is 14.0. The molecule has 0 atom stereocenters. The van der Waals surface area contributed by atoms with Gasteiger partial charge in [-0.3, -0.25) is 0 Å². The Hall–Kier alpha value is -7.48. The summed E-state index contributed by atoms with van der Waals surface area (Å²) >= 11 is 10.3. The van der Waals surface area contributed by atoms with Gasteiger partial charge in [0.2, 0.25) is 0 Å². The summed E-state index contributed by atoms with van der Waals surface area (Å²) in [5, 5.41) is 60.3. The Morgan fingerprint density at radius 1 is 0.160 bits per heavy atom. The molecular formula is C96H64I4. The van der Waals surface area contributed by atoms with Gasteiger partial charge in [0.15, 0.2) is 0 Å². The fourth-order valence-electron chi connectivity index (χ4n) is 20.3. The molecule has 0 radical (unpaired) electrons. The summed E-state index contributed by atoms with van der Waals surface area (Å²) in [7, 11) is 0. The van der Waals surface area contributed by atoms with E-state index in [1.807, 2.05) is 0 Å². The van der Waals surface area contributed by atoms with Gasteiger partial charge in [-0.1, -0.05) is 156 Å². The van der Waals surface area contributed by atoms with E-state index in [0.29, 0.717) is 0 Å². The number of hydrogen-bond donors (Lipinski definition) is 0. The molecule has 0 nitrogen and oxygen atoms in total. The molecule has 0 saturated carbocycles. The van der Waals surface area contributed by atoms with Crippen LogP contribution in [0.5, 0.6) is 0 Å². The summed E-state index contributed by atoms with van der Waals surface area (Å²) in [6.07, 6.45) is 0. The van der Waals surface area contributed by atoms with Crippen molar-refractivity contribution in [3.05, 3.63) is 248 Å². The standard InChI is InChI=1S/C96H64I4/c1-93(2,3)41-29-65-61-37-45(97)13-17-53(61)81-85-57-25-21-49-51-23-27-59-76-60(28-24-52(74(51)76)50-22-26-58(75(57)73(49)50)86(85)82-54-18-14-46(98)38-62(54)66-30-42(94(4,5)6)34-70-69(33-41)77(65)89(81)90(82)78(66)70)88-84-56-20-16-48(100)40-64(56)68-32-44(96(10,11)12)36-72-71-35-43(95(7,8)9)31-67-63-39-47(99)15-19-55(63)83(87(59)88)91(79(67)71)92(84)80(68)72/h13-40H,1-12H3. The maximum Gasteiger partial charge on any atom is 0.0136 e. The number of hydrogen-bond acceptors (Lipinski definition) is 0. The second-order valence-corrected chi connectivity index (χ2v) is 39.2. The summed E-state index contributed by atoms with van der Waals surface area (Å²) in [5.41, 5.74) is 5.22. The Kier molecular flexibility index (Phi) is 11.0. The lowest BCUT2D eigenvalue weighted by atomic mass is 9.76. The third kappa shape index (κ3) is 7.06. The average Bonchev–Trinajstić information content (AvgIpc) is 1.37. The second kappa shape index (κ2) is 18.7. The first kappa shape index (κ1) is 59.1. The SMILES string of the molecule is CC(C)(C)c1cc2c3cc(I)ccc3c3c4c(c5c6ccc(I)cc6c6cc(C(C)(C)C)cc7c(c1)c2c3c5c67)=c1ccc2c3ccc5c6c(ccc(c7ccc=4c1c72)c63)=c1c=5c2c3ccc(I)cc3c3cc(C(C)(C)C)cc4c5cc(C(C)(C)C)cc6c7cc(I)ccc7c1c(c65)c2c34. The lowest BCUT2D eigenvalue weighted by Gasteiger charge is -2.27. The molecule has 0 spiro atoms. The van der Waals surface area contributed by atoms with Crippen LogP contribution in [0.4, 0.5) is 0 Å². The van der Waals surface area contributed by atoms with Crippen LogP contribution in [0.2, 0.25) is 0 Å². The highest BCUT2D eigenvalue weighted by molar-refractivity contribution is 14.1. The van der Waals surface area contributed by atoms with Gasteiger partial charge in [-0.05, 0) is 467 Å². The van der Waals surface area contributed by atoms with Crippen molar-refractivity contribution in [2.75, 3.05) is 0 Å². The first-order chi connectivity index (χ1) is 47.8. The summed E-state index contributed by atoms with van der Waals surface area (Å²) < 4.78 is 5.04. The number of benzene rings is 21. The molecule has 21 aromatic rings. The highest BCUT2D eigenvalue weighted by atomic mass is 127. The minimum Gasteiger partial charge on any atom is -0.0561 e. The Bertz CT molecular complexity index is 7130. The molecule has 0 amide bonds. The molecule has 0 N–H and O–H groups in total. The van der Waals surface area contributed by atoms with E-state index >= 15 is 0 Å². The van der Waals surface area contributed by atoms with Gasteiger partial charge >= 0.3 is 0 Å². The van der Waals surface area contributed by atoms with Crippen LogP contribution in [0.25, 0.3) is 194 Å². The van der Waals surface area contributed by atoms with Crippen LogP contribution in [-0.4, -0.2) is 0 Å². The molecule has 0 bridgehead atoms. The third-order valence-electron chi connectivity index (χ3n) is 24.7. The molecule has 100 heavy (non-hydrogen) atoms. The van der Waals surface area contributed by atoms with E-state index in [1.54, 1.807) is 0 Å². The molecule has 0 aliphatic heterocycles. The molecular weight excluding hydrogens is 1660 g/mol. The molecule has 2 aliphatic rings. The van der Waals surface area contributed by atoms with Gasteiger partial charge < -0.3 is 0 Å². The largest absolute Gasteiger partial charge is 0.0561 e. The van der Waals surface area contributed by atoms with Crippen LogP contribution < -0.4 is 0 Å². The average molecular weight is 1730 g/mol. The summed E-state index contributed by atoms with van der Waals surface area (Å²) in [5.74, 6) is 0. The second-order valence-electron chi connectivity index (χ2n) is 34.2. The van der Waals surface area contributed by atoms with Crippen molar-refractivity contribution in [1.82, 2.24) is 0 Å². The predicted molar refractivity (Wildman–Crippen MR) is 467 cm³/mol. The molecule has 476 valence electrons. The van der Waals surface area contributed by atoms with E-state index in [9.17, 15) is 0 Å². The maximum absolute atomic E-state index is 2.60. The summed E-state index contributed by atoms with van der Waals surface area (Å²) in [6, 6.07) is 70.5. The molecule has 21 aromatic carbocycles. The molecule has 0 heterocycles. The van der Waals surface area contributed by atoms with Crippen LogP contribution in [0.3, 0.4) is 0 Å². The zero-order valence-corrected chi connectivity index (χ0v) is 66.3. The Morgan fingerprint density at radius 3 is 0.530 bits per heavy atom. The lowest BCUT2D eigenvalue weighted by Crippen LogP contribution is -2.12. The van der Waals surface area contributed by atoms with E-state index < -0.39 is 0 Å². The van der Waals surface area contributed by atoms with Gasteiger partial charge in [0.25, 0.3) is 0 Å². The van der Waals surface area contributed by atoms with Crippen molar-refractivity contribution in [1.29, 1.82) is 0 Å². The molecule has 2 aliphatic carbocycles. The van der Waals surface area contributed by atoms with Crippen LogP contribution in [0, 0.1) is 56.0 Å². The van der Waals surface area contributed by atoms with E-state index in [1.165, 1.54) is 272 Å². The Balaban J connectivity index is 0.955. The highest BCUT2D eigenvalue weighted by Gasteiger charge is 2.34. The van der Waals surface area contributed by atoms with Crippen LogP contribution in [0.1, 0.15) is 105 Å². The molecule has 0 fully saturated rings. The molecule has 0 aromatic heterocycles. The van der Waals surface area contributed by atoms with Crippen LogP contribution >= 0.6 is 90.4 Å². The maximum atomic E-state index is 2.60. The minimum atomic E-state index is -0.0714. The van der Waals surface area contributed by atoms with Crippen molar-refractivity contribution in [3.63, 3.8) is 0 Å². The minimum absolute atomic E-state index is 0.0714.